The Hall–Kier alpha value is -3.21. The first-order valence-corrected chi connectivity index (χ1v) is 10.6. The largest absolute Gasteiger partial charge is 0.487 e. The molecule has 1 N–H and O–H groups in total. The molecule has 1 fully saturated rings. The van der Waals surface area contributed by atoms with E-state index in [0.29, 0.717) is 5.69 Å². The number of carbonyl (C=O) groups excluding carboxylic acids is 1. The number of hydrogen-bond donors (Lipinski definition) is 1. The minimum absolute atomic E-state index is 0.0374. The van der Waals surface area contributed by atoms with Gasteiger partial charge in [-0.25, -0.2) is 8.78 Å². The normalized spacial score (nSPS) is 16.2. The molecule has 1 aliphatic heterocycles. The van der Waals surface area contributed by atoms with Crippen molar-refractivity contribution in [3.8, 4) is 16.9 Å². The third-order valence-electron chi connectivity index (χ3n) is 6.49. The van der Waals surface area contributed by atoms with Crippen LogP contribution in [0, 0.1) is 18.6 Å². The van der Waals surface area contributed by atoms with Gasteiger partial charge < -0.3 is 10.1 Å². The molecular formula is C26H23F2NO2. The average Bonchev–Trinajstić information content (AvgIpc) is 2.72. The van der Waals surface area contributed by atoms with Gasteiger partial charge in [0.15, 0.2) is 0 Å². The maximum absolute atomic E-state index is 13.8. The number of fused-ring (bicyclic) bond motifs is 1. The van der Waals surface area contributed by atoms with E-state index < -0.39 is 23.1 Å². The van der Waals surface area contributed by atoms with Crippen LogP contribution < -0.4 is 10.1 Å². The molecule has 1 amide bonds. The highest BCUT2D eigenvalue weighted by atomic mass is 19.1. The molecule has 1 spiro atoms. The van der Waals surface area contributed by atoms with E-state index >= 15 is 0 Å². The lowest BCUT2D eigenvalue weighted by atomic mass is 9.74. The van der Waals surface area contributed by atoms with Gasteiger partial charge in [-0.1, -0.05) is 24.3 Å². The lowest BCUT2D eigenvalue weighted by molar-refractivity contribution is -0.0249. The summed E-state index contributed by atoms with van der Waals surface area (Å²) in [6, 6.07) is 14.9. The smallest absolute Gasteiger partial charge is 0.261 e. The molecule has 1 saturated carbocycles. The lowest BCUT2D eigenvalue weighted by Crippen LogP contribution is -2.45. The Balaban J connectivity index is 1.38. The average molecular weight is 419 g/mol. The molecule has 158 valence electrons. The number of nitrogens with one attached hydrogen (secondary N) is 1. The van der Waals surface area contributed by atoms with Gasteiger partial charge >= 0.3 is 0 Å². The van der Waals surface area contributed by atoms with Crippen molar-refractivity contribution in [1.29, 1.82) is 0 Å². The Morgan fingerprint density at radius 1 is 1.00 bits per heavy atom. The zero-order chi connectivity index (χ0) is 21.6. The van der Waals surface area contributed by atoms with Crippen LogP contribution in [0.15, 0.2) is 54.6 Å². The Labute approximate surface area is 180 Å². The standard InChI is InChI=1S/C26H23F2NO2/c1-16-14-18-10-13-26(11-3-12-26)31-23(18)15-20(16)17-6-8-19(9-7-17)29-25(30)24-21(27)4-2-5-22(24)28/h2,4-9,14-15H,3,10-13H2,1H3,(H,29,30). The van der Waals surface area contributed by atoms with E-state index in [2.05, 4.69) is 24.4 Å². The molecule has 3 nitrogen and oxygen atoms in total. The van der Waals surface area contributed by atoms with Crippen molar-refractivity contribution < 1.29 is 18.3 Å². The maximum Gasteiger partial charge on any atom is 0.261 e. The Morgan fingerprint density at radius 3 is 2.35 bits per heavy atom. The number of aryl methyl sites for hydroxylation is 2. The number of amides is 1. The molecule has 0 atom stereocenters. The fourth-order valence-electron chi connectivity index (χ4n) is 4.56. The second-order valence-electron chi connectivity index (χ2n) is 8.54. The highest BCUT2D eigenvalue weighted by molar-refractivity contribution is 6.04. The van der Waals surface area contributed by atoms with Crippen molar-refractivity contribution in [3.05, 3.63) is 82.9 Å². The van der Waals surface area contributed by atoms with Gasteiger partial charge in [0.1, 0.15) is 28.5 Å². The van der Waals surface area contributed by atoms with Crippen molar-refractivity contribution in [3.63, 3.8) is 0 Å². The summed E-state index contributed by atoms with van der Waals surface area (Å²) in [5, 5.41) is 2.57. The van der Waals surface area contributed by atoms with E-state index in [1.165, 1.54) is 18.1 Å². The molecule has 5 heteroatoms. The number of hydrogen-bond acceptors (Lipinski definition) is 2. The third kappa shape index (κ3) is 3.58. The lowest BCUT2D eigenvalue weighted by Gasteiger charge is -2.45. The van der Waals surface area contributed by atoms with E-state index in [9.17, 15) is 13.6 Å². The first kappa shape index (κ1) is 19.7. The van der Waals surface area contributed by atoms with Gasteiger partial charge in [-0.3, -0.25) is 4.79 Å². The van der Waals surface area contributed by atoms with Gasteiger partial charge in [0.2, 0.25) is 0 Å². The number of rotatable bonds is 3. The second-order valence-corrected chi connectivity index (χ2v) is 8.54. The van der Waals surface area contributed by atoms with E-state index in [0.717, 1.165) is 60.3 Å². The van der Waals surface area contributed by atoms with Crippen molar-refractivity contribution in [2.45, 2.75) is 44.6 Å². The molecule has 3 aromatic carbocycles. The van der Waals surface area contributed by atoms with Crippen LogP contribution in [-0.4, -0.2) is 11.5 Å². The summed E-state index contributed by atoms with van der Waals surface area (Å²) in [4.78, 5) is 12.3. The number of ether oxygens (including phenoxy) is 1. The zero-order valence-electron chi connectivity index (χ0n) is 17.3. The van der Waals surface area contributed by atoms with Crippen molar-refractivity contribution in [2.24, 2.45) is 0 Å². The van der Waals surface area contributed by atoms with Gasteiger partial charge in [-0.2, -0.15) is 0 Å². The third-order valence-corrected chi connectivity index (χ3v) is 6.49. The minimum Gasteiger partial charge on any atom is -0.487 e. The summed E-state index contributed by atoms with van der Waals surface area (Å²) < 4.78 is 34.1. The molecular weight excluding hydrogens is 396 g/mol. The molecule has 0 bridgehead atoms. The van der Waals surface area contributed by atoms with Gasteiger partial charge in [0.05, 0.1) is 0 Å². The number of carbonyl (C=O) groups is 1. The fraction of sp³-hybridized carbons (Fsp3) is 0.269. The van der Waals surface area contributed by atoms with Crippen LogP contribution in [0.5, 0.6) is 5.75 Å². The van der Waals surface area contributed by atoms with Crippen molar-refractivity contribution in [2.75, 3.05) is 5.32 Å². The predicted octanol–water partition coefficient (Wildman–Crippen LogP) is 6.44. The molecule has 31 heavy (non-hydrogen) atoms. The van der Waals surface area contributed by atoms with Crippen molar-refractivity contribution >= 4 is 11.6 Å². The number of anilines is 1. The van der Waals surface area contributed by atoms with Gasteiger partial charge in [-0.05, 0) is 91.6 Å². The van der Waals surface area contributed by atoms with E-state index in [4.69, 9.17) is 4.74 Å². The second kappa shape index (κ2) is 7.49. The zero-order valence-corrected chi connectivity index (χ0v) is 17.3. The molecule has 0 saturated heterocycles. The summed E-state index contributed by atoms with van der Waals surface area (Å²) in [5.74, 6) is -1.61. The SMILES string of the molecule is Cc1cc2c(cc1-c1ccc(NC(=O)c3c(F)cccc3F)cc1)OC1(CCC1)CC2. The molecule has 2 aliphatic rings. The van der Waals surface area contributed by atoms with E-state index in [1.54, 1.807) is 12.1 Å². The van der Waals surface area contributed by atoms with Crippen LogP contribution in [0.25, 0.3) is 11.1 Å². The van der Waals surface area contributed by atoms with Crippen LogP contribution in [-0.2, 0) is 6.42 Å². The molecule has 0 radical (unpaired) electrons. The summed E-state index contributed by atoms with van der Waals surface area (Å²) >= 11 is 0. The number of benzene rings is 3. The molecule has 3 aromatic rings. The monoisotopic (exact) mass is 419 g/mol. The van der Waals surface area contributed by atoms with Gasteiger partial charge in [0.25, 0.3) is 5.91 Å². The topological polar surface area (TPSA) is 38.3 Å². The molecule has 1 heterocycles. The summed E-state index contributed by atoms with van der Waals surface area (Å²) in [6.45, 7) is 2.08. The predicted molar refractivity (Wildman–Crippen MR) is 116 cm³/mol. The summed E-state index contributed by atoms with van der Waals surface area (Å²) in [6.07, 6.45) is 5.64. The van der Waals surface area contributed by atoms with Crippen LogP contribution in [0.1, 0.15) is 47.2 Å². The molecule has 0 unspecified atom stereocenters. The fourth-order valence-corrected chi connectivity index (χ4v) is 4.56. The Kier molecular flexibility index (Phi) is 4.77. The van der Waals surface area contributed by atoms with Crippen LogP contribution in [0.3, 0.4) is 0 Å². The molecule has 1 aliphatic carbocycles. The maximum atomic E-state index is 13.8. The minimum atomic E-state index is -0.886. The summed E-state index contributed by atoms with van der Waals surface area (Å²) in [5.41, 5.74) is 4.42. The van der Waals surface area contributed by atoms with Crippen LogP contribution >= 0.6 is 0 Å². The quantitative estimate of drug-likeness (QED) is 0.530. The number of halogens is 2. The first-order chi connectivity index (χ1) is 14.9. The van der Waals surface area contributed by atoms with Gasteiger partial charge in [0, 0.05) is 5.69 Å². The van der Waals surface area contributed by atoms with Crippen LogP contribution in [0.4, 0.5) is 14.5 Å². The van der Waals surface area contributed by atoms with E-state index in [1.807, 2.05) is 12.1 Å². The van der Waals surface area contributed by atoms with Crippen LogP contribution in [0.2, 0.25) is 0 Å². The Bertz CT molecular complexity index is 1150. The Morgan fingerprint density at radius 2 is 1.71 bits per heavy atom. The first-order valence-electron chi connectivity index (χ1n) is 10.6. The van der Waals surface area contributed by atoms with Crippen molar-refractivity contribution in [1.82, 2.24) is 0 Å². The summed E-state index contributed by atoms with van der Waals surface area (Å²) in [7, 11) is 0. The molecule has 0 aromatic heterocycles. The highest BCUT2D eigenvalue weighted by Gasteiger charge is 2.41. The highest BCUT2D eigenvalue weighted by Crippen LogP contribution is 2.46. The van der Waals surface area contributed by atoms with E-state index in [-0.39, 0.29) is 5.60 Å². The molecule has 5 rings (SSSR count). The van der Waals surface area contributed by atoms with Gasteiger partial charge in [-0.15, -0.1) is 0 Å².